The zero-order valence-corrected chi connectivity index (χ0v) is 15.4. The van der Waals surface area contributed by atoms with E-state index < -0.39 is 0 Å². The van der Waals surface area contributed by atoms with Crippen molar-refractivity contribution in [3.05, 3.63) is 35.4 Å². The van der Waals surface area contributed by atoms with Crippen LogP contribution < -0.4 is 0 Å². The number of rotatable bonds is 13. The summed E-state index contributed by atoms with van der Waals surface area (Å²) in [7, 11) is 0. The van der Waals surface area contributed by atoms with Gasteiger partial charge in [-0.15, -0.1) is 0 Å². The van der Waals surface area contributed by atoms with Crippen LogP contribution in [0.15, 0.2) is 24.3 Å². The average molecular weight is 303 g/mol. The smallest absolute Gasteiger partial charge is 0.0159 e. The molecule has 0 amide bonds. The Hall–Kier alpha value is -0.780. The fourth-order valence-corrected chi connectivity index (χ4v) is 3.58. The predicted molar refractivity (Wildman–Crippen MR) is 101 cm³/mol. The molecule has 1 aromatic carbocycles. The van der Waals surface area contributed by atoms with E-state index in [2.05, 4.69) is 45.0 Å². The maximum atomic E-state index is 2.38. The first-order valence-electron chi connectivity index (χ1n) is 9.91. The summed E-state index contributed by atoms with van der Waals surface area (Å²) in [6, 6.07) is 9.13. The van der Waals surface area contributed by atoms with Crippen LogP contribution in [0.4, 0.5) is 0 Å². The summed E-state index contributed by atoms with van der Waals surface area (Å²) >= 11 is 0. The van der Waals surface area contributed by atoms with Gasteiger partial charge in [0.15, 0.2) is 0 Å². The van der Waals surface area contributed by atoms with Crippen LogP contribution >= 0.6 is 0 Å². The first-order chi connectivity index (χ1) is 10.8. The van der Waals surface area contributed by atoms with Gasteiger partial charge in [-0.1, -0.05) is 103 Å². The Morgan fingerprint density at radius 2 is 1.32 bits per heavy atom. The van der Waals surface area contributed by atoms with Crippen molar-refractivity contribution >= 4 is 0 Å². The molecule has 0 saturated heterocycles. The van der Waals surface area contributed by atoms with Crippen molar-refractivity contribution in [2.24, 2.45) is 0 Å². The van der Waals surface area contributed by atoms with E-state index in [1.807, 2.05) is 0 Å². The molecule has 0 aliphatic rings. The van der Waals surface area contributed by atoms with Crippen molar-refractivity contribution in [3.8, 4) is 0 Å². The molecule has 0 saturated carbocycles. The molecule has 0 spiro atoms. The monoisotopic (exact) mass is 302 g/mol. The van der Waals surface area contributed by atoms with Crippen molar-refractivity contribution in [3.63, 3.8) is 0 Å². The molecule has 1 aromatic rings. The van der Waals surface area contributed by atoms with Gasteiger partial charge in [-0.25, -0.2) is 0 Å². The molecular formula is C22H38. The highest BCUT2D eigenvalue weighted by Gasteiger charge is 2.13. The zero-order chi connectivity index (χ0) is 16.0. The summed E-state index contributed by atoms with van der Waals surface area (Å²) in [6.07, 6.45) is 16.6. The molecule has 0 nitrogen and oxygen atoms in total. The van der Waals surface area contributed by atoms with Crippen LogP contribution in [0.2, 0.25) is 0 Å². The molecule has 0 heterocycles. The van der Waals surface area contributed by atoms with Gasteiger partial charge in [0.1, 0.15) is 0 Å². The molecule has 0 fully saturated rings. The largest absolute Gasteiger partial charge is 0.0654 e. The Morgan fingerprint density at radius 3 is 1.95 bits per heavy atom. The lowest BCUT2D eigenvalue weighted by Crippen LogP contribution is -2.03. The Bertz CT molecular complexity index is 366. The quantitative estimate of drug-likeness (QED) is 0.328. The van der Waals surface area contributed by atoms with Gasteiger partial charge in [0.25, 0.3) is 0 Å². The second-order valence-electron chi connectivity index (χ2n) is 6.80. The molecule has 22 heavy (non-hydrogen) atoms. The van der Waals surface area contributed by atoms with Crippen LogP contribution in [0.5, 0.6) is 0 Å². The van der Waals surface area contributed by atoms with E-state index in [0.29, 0.717) is 0 Å². The highest BCUT2D eigenvalue weighted by atomic mass is 14.2. The molecule has 126 valence electrons. The molecule has 0 N–H and O–H groups in total. The number of hydrogen-bond acceptors (Lipinski definition) is 0. The van der Waals surface area contributed by atoms with E-state index in [1.165, 1.54) is 77.0 Å². The summed E-state index contributed by atoms with van der Waals surface area (Å²) < 4.78 is 0. The van der Waals surface area contributed by atoms with Crippen molar-refractivity contribution < 1.29 is 0 Å². The minimum Gasteiger partial charge on any atom is -0.0654 e. The zero-order valence-electron chi connectivity index (χ0n) is 15.4. The molecule has 1 rings (SSSR count). The topological polar surface area (TPSA) is 0 Å². The maximum absolute atomic E-state index is 2.38. The summed E-state index contributed by atoms with van der Waals surface area (Å²) in [4.78, 5) is 0. The molecule has 0 aromatic heterocycles. The summed E-state index contributed by atoms with van der Waals surface area (Å²) in [6.45, 7) is 6.91. The van der Waals surface area contributed by atoms with E-state index in [1.54, 1.807) is 11.1 Å². The van der Waals surface area contributed by atoms with Gasteiger partial charge in [-0.2, -0.15) is 0 Å². The molecule has 0 bridgehead atoms. The van der Waals surface area contributed by atoms with E-state index in [9.17, 15) is 0 Å². The van der Waals surface area contributed by atoms with Gasteiger partial charge in [0.2, 0.25) is 0 Å². The number of aryl methyl sites for hydroxylation is 1. The fraction of sp³-hybridized carbons (Fsp3) is 0.727. The van der Waals surface area contributed by atoms with E-state index in [-0.39, 0.29) is 0 Å². The second kappa shape index (κ2) is 12.7. The van der Waals surface area contributed by atoms with Crippen LogP contribution in [-0.2, 0) is 6.42 Å². The third-order valence-corrected chi connectivity index (χ3v) is 4.92. The van der Waals surface area contributed by atoms with Gasteiger partial charge in [-0.3, -0.25) is 0 Å². The Morgan fingerprint density at radius 1 is 0.682 bits per heavy atom. The highest BCUT2D eigenvalue weighted by Crippen LogP contribution is 2.30. The normalized spacial score (nSPS) is 12.5. The van der Waals surface area contributed by atoms with Gasteiger partial charge < -0.3 is 0 Å². The van der Waals surface area contributed by atoms with E-state index in [0.717, 1.165) is 5.92 Å². The van der Waals surface area contributed by atoms with E-state index in [4.69, 9.17) is 0 Å². The van der Waals surface area contributed by atoms with Gasteiger partial charge in [0, 0.05) is 0 Å². The summed E-state index contributed by atoms with van der Waals surface area (Å²) in [5.41, 5.74) is 3.20. The molecule has 1 atom stereocenters. The van der Waals surface area contributed by atoms with Crippen molar-refractivity contribution in [1.29, 1.82) is 0 Å². The third-order valence-electron chi connectivity index (χ3n) is 4.92. The number of unbranched alkanes of at least 4 members (excludes halogenated alkanes) is 7. The van der Waals surface area contributed by atoms with Crippen molar-refractivity contribution in [1.82, 2.24) is 0 Å². The minimum absolute atomic E-state index is 0.793. The minimum atomic E-state index is 0.793. The lowest BCUT2D eigenvalue weighted by molar-refractivity contribution is 0.505. The first-order valence-corrected chi connectivity index (χ1v) is 9.91. The van der Waals surface area contributed by atoms with Crippen molar-refractivity contribution in [2.45, 2.75) is 104 Å². The summed E-state index contributed by atoms with van der Waals surface area (Å²) in [5.74, 6) is 0.793. The van der Waals surface area contributed by atoms with Crippen LogP contribution in [0.1, 0.15) is 108 Å². The molecule has 0 radical (unpaired) electrons. The predicted octanol–water partition coefficient (Wildman–Crippen LogP) is 7.66. The molecule has 1 unspecified atom stereocenters. The van der Waals surface area contributed by atoms with E-state index >= 15 is 0 Å². The van der Waals surface area contributed by atoms with Gasteiger partial charge in [-0.05, 0) is 36.3 Å². The van der Waals surface area contributed by atoms with Crippen LogP contribution in [0.25, 0.3) is 0 Å². The lowest BCUT2D eigenvalue weighted by atomic mass is 9.86. The molecule has 0 aliphatic heterocycles. The molecule has 0 heteroatoms. The first kappa shape index (κ1) is 19.3. The van der Waals surface area contributed by atoms with Gasteiger partial charge >= 0.3 is 0 Å². The maximum Gasteiger partial charge on any atom is -0.0159 e. The fourth-order valence-electron chi connectivity index (χ4n) is 3.58. The van der Waals surface area contributed by atoms with Crippen LogP contribution in [0, 0.1) is 0 Å². The Balaban J connectivity index is 2.32. The third kappa shape index (κ3) is 7.47. The standard InChI is InChI=1S/C22H38/c1-4-7-8-9-10-11-12-13-18-21(16-5-2)22-19-15-14-17-20(22)6-3/h14-15,17,19,21H,4-13,16,18H2,1-3H3. The molecule has 0 aliphatic carbocycles. The van der Waals surface area contributed by atoms with Crippen LogP contribution in [-0.4, -0.2) is 0 Å². The SMILES string of the molecule is CCCCCCCCCCC(CCC)c1ccccc1CC. The highest BCUT2D eigenvalue weighted by molar-refractivity contribution is 5.30. The Kier molecular flexibility index (Phi) is 11.2. The van der Waals surface area contributed by atoms with Gasteiger partial charge in [0.05, 0.1) is 0 Å². The Labute approximate surface area is 139 Å². The number of benzene rings is 1. The average Bonchev–Trinajstić information content (AvgIpc) is 2.56. The van der Waals surface area contributed by atoms with Crippen LogP contribution in [0.3, 0.4) is 0 Å². The lowest BCUT2D eigenvalue weighted by Gasteiger charge is -2.20. The molecular weight excluding hydrogens is 264 g/mol. The van der Waals surface area contributed by atoms with Crippen molar-refractivity contribution in [2.75, 3.05) is 0 Å². The second-order valence-corrected chi connectivity index (χ2v) is 6.80. The number of hydrogen-bond donors (Lipinski definition) is 0. The summed E-state index contributed by atoms with van der Waals surface area (Å²) in [5, 5.41) is 0.